The number of benzene rings is 2. The summed E-state index contributed by atoms with van der Waals surface area (Å²) in [5.74, 6) is 0.0353. The average Bonchev–Trinajstić information content (AvgIpc) is 3.00. The molecule has 0 aliphatic rings. The molecule has 1 N–H and O–H groups in total. The van der Waals surface area contributed by atoms with Gasteiger partial charge in [0, 0.05) is 17.2 Å². The molecule has 3 rings (SSSR count). The largest absolute Gasteiger partial charge is 0.487 e. The van der Waals surface area contributed by atoms with Crippen LogP contribution in [0.15, 0.2) is 42.5 Å². The van der Waals surface area contributed by atoms with Crippen LogP contribution in [0.4, 0.5) is 11.6 Å². The van der Waals surface area contributed by atoms with Gasteiger partial charge in [0.2, 0.25) is 5.95 Å². The summed E-state index contributed by atoms with van der Waals surface area (Å²) in [6.45, 7) is 8.07. The van der Waals surface area contributed by atoms with E-state index < -0.39 is 10.8 Å². The zero-order valence-electron chi connectivity index (χ0n) is 16.2. The van der Waals surface area contributed by atoms with Crippen LogP contribution in [0.5, 0.6) is 5.75 Å². The number of nitro groups is 1. The number of aromatic nitrogens is 2. The zero-order valence-corrected chi connectivity index (χ0v) is 16.2. The van der Waals surface area contributed by atoms with E-state index in [9.17, 15) is 14.9 Å². The summed E-state index contributed by atoms with van der Waals surface area (Å²) in [6, 6.07) is 11.7. The number of fused-ring (bicyclic) bond motifs is 1. The van der Waals surface area contributed by atoms with Crippen molar-refractivity contribution >= 4 is 28.6 Å². The first-order chi connectivity index (χ1) is 13.2. The Labute approximate surface area is 162 Å². The Bertz CT molecular complexity index is 1050. The van der Waals surface area contributed by atoms with Gasteiger partial charge in [-0.15, -0.1) is 0 Å². The summed E-state index contributed by atoms with van der Waals surface area (Å²) in [7, 11) is 0. The fraction of sp³-hybridized carbons (Fsp3) is 0.300. The smallest absolute Gasteiger partial charge is 0.311 e. The summed E-state index contributed by atoms with van der Waals surface area (Å²) in [5.41, 5.74) is 1.22. The number of carbonyl (C=O) groups is 1. The van der Waals surface area contributed by atoms with E-state index in [1.165, 1.54) is 18.2 Å². The molecule has 0 spiro atoms. The van der Waals surface area contributed by atoms with E-state index >= 15 is 0 Å². The lowest BCUT2D eigenvalue weighted by Crippen LogP contribution is -2.26. The highest BCUT2D eigenvalue weighted by atomic mass is 16.6. The molecule has 8 nitrogen and oxygen atoms in total. The quantitative estimate of drug-likeness (QED) is 0.522. The van der Waals surface area contributed by atoms with Gasteiger partial charge in [0.15, 0.2) is 5.75 Å². The summed E-state index contributed by atoms with van der Waals surface area (Å²) in [6.07, 6.45) is 0. The normalized spacial score (nSPS) is 11.4. The summed E-state index contributed by atoms with van der Waals surface area (Å²) in [5, 5.41) is 14.1. The van der Waals surface area contributed by atoms with E-state index in [1.807, 2.05) is 49.6 Å². The molecule has 1 heterocycles. The number of ether oxygens (including phenoxy) is 1. The van der Waals surface area contributed by atoms with Crippen LogP contribution in [0.2, 0.25) is 0 Å². The molecule has 0 aliphatic carbocycles. The SMILES string of the molecule is CCOc1ccc(C(=O)Nc2nc3ccccc3n2C(C)(C)C)cc1[N+](=O)[O-]. The lowest BCUT2D eigenvalue weighted by Gasteiger charge is -2.24. The molecule has 1 aromatic heterocycles. The summed E-state index contributed by atoms with van der Waals surface area (Å²) >= 11 is 0. The highest BCUT2D eigenvalue weighted by Gasteiger charge is 2.24. The van der Waals surface area contributed by atoms with Crippen LogP contribution in [-0.2, 0) is 5.54 Å². The maximum absolute atomic E-state index is 12.8. The Morgan fingerprint density at radius 3 is 2.61 bits per heavy atom. The van der Waals surface area contributed by atoms with Crippen LogP contribution in [0.1, 0.15) is 38.1 Å². The lowest BCUT2D eigenvalue weighted by atomic mass is 10.1. The standard InChI is InChI=1S/C20H22N4O4/c1-5-28-17-11-10-13(12-16(17)24(26)27)18(25)22-19-21-14-8-6-7-9-15(14)23(19)20(2,3)4/h6-12H,5H2,1-4H3,(H,21,22,25). The van der Waals surface area contributed by atoms with E-state index in [1.54, 1.807) is 6.92 Å². The molecule has 0 aliphatic heterocycles. The van der Waals surface area contributed by atoms with Gasteiger partial charge in [0.05, 0.1) is 22.6 Å². The summed E-state index contributed by atoms with van der Waals surface area (Å²) < 4.78 is 7.20. The summed E-state index contributed by atoms with van der Waals surface area (Å²) in [4.78, 5) is 28.1. The Morgan fingerprint density at radius 1 is 1.25 bits per heavy atom. The van der Waals surface area contributed by atoms with Crippen molar-refractivity contribution in [3.63, 3.8) is 0 Å². The van der Waals surface area contributed by atoms with E-state index in [0.29, 0.717) is 12.6 Å². The molecule has 8 heteroatoms. The Morgan fingerprint density at radius 2 is 1.96 bits per heavy atom. The lowest BCUT2D eigenvalue weighted by molar-refractivity contribution is -0.385. The Kier molecular flexibility index (Phi) is 5.04. The number of rotatable bonds is 5. The van der Waals surface area contributed by atoms with Crippen molar-refractivity contribution in [2.75, 3.05) is 11.9 Å². The second kappa shape index (κ2) is 7.30. The number of nitrogens with zero attached hydrogens (tertiary/aromatic N) is 3. The van der Waals surface area contributed by atoms with Crippen LogP contribution in [0.25, 0.3) is 11.0 Å². The van der Waals surface area contributed by atoms with Crippen LogP contribution in [0.3, 0.4) is 0 Å². The second-order valence-electron chi connectivity index (χ2n) is 7.26. The van der Waals surface area contributed by atoms with Gasteiger partial charge in [0.25, 0.3) is 5.91 Å². The van der Waals surface area contributed by atoms with E-state index in [0.717, 1.165) is 11.0 Å². The van der Waals surface area contributed by atoms with Gasteiger partial charge in [-0.3, -0.25) is 20.2 Å². The van der Waals surface area contributed by atoms with Crippen molar-refractivity contribution in [1.82, 2.24) is 9.55 Å². The van der Waals surface area contributed by atoms with Gasteiger partial charge in [0.1, 0.15) is 0 Å². The first-order valence-electron chi connectivity index (χ1n) is 8.93. The number of amides is 1. The minimum atomic E-state index is -0.563. The number of hydrogen-bond acceptors (Lipinski definition) is 5. The third-order valence-corrected chi connectivity index (χ3v) is 4.17. The number of nitro benzene ring substituents is 1. The molecule has 2 aromatic carbocycles. The Balaban J connectivity index is 2.00. The number of para-hydroxylation sites is 2. The van der Waals surface area contributed by atoms with Gasteiger partial charge in [-0.05, 0) is 52.0 Å². The predicted octanol–water partition coefficient (Wildman–Crippen LogP) is 4.35. The van der Waals surface area contributed by atoms with Crippen molar-refractivity contribution < 1.29 is 14.5 Å². The monoisotopic (exact) mass is 382 g/mol. The maximum atomic E-state index is 12.8. The van der Waals surface area contributed by atoms with Crippen molar-refractivity contribution in [2.45, 2.75) is 33.2 Å². The van der Waals surface area contributed by atoms with E-state index in [2.05, 4.69) is 10.3 Å². The molecule has 28 heavy (non-hydrogen) atoms. The van der Waals surface area contributed by atoms with Crippen molar-refractivity contribution in [2.24, 2.45) is 0 Å². The van der Waals surface area contributed by atoms with Crippen LogP contribution in [-0.4, -0.2) is 27.0 Å². The molecule has 3 aromatic rings. The molecule has 146 valence electrons. The Hall–Kier alpha value is -3.42. The maximum Gasteiger partial charge on any atom is 0.311 e. The van der Waals surface area contributed by atoms with Gasteiger partial charge >= 0.3 is 5.69 Å². The molecule has 1 amide bonds. The number of anilines is 1. The fourth-order valence-corrected chi connectivity index (χ4v) is 3.04. The van der Waals surface area contributed by atoms with Crippen molar-refractivity contribution in [3.8, 4) is 5.75 Å². The van der Waals surface area contributed by atoms with Gasteiger partial charge < -0.3 is 9.30 Å². The predicted molar refractivity (Wildman–Crippen MR) is 107 cm³/mol. The number of imidazole rings is 1. The minimum Gasteiger partial charge on any atom is -0.487 e. The topological polar surface area (TPSA) is 99.3 Å². The second-order valence-corrected chi connectivity index (χ2v) is 7.26. The third kappa shape index (κ3) is 3.66. The van der Waals surface area contributed by atoms with Crippen LogP contribution in [0, 0.1) is 10.1 Å². The molecule has 0 bridgehead atoms. The molecule has 0 saturated carbocycles. The molecule has 0 radical (unpaired) electrons. The van der Waals surface area contributed by atoms with Crippen LogP contribution >= 0.6 is 0 Å². The van der Waals surface area contributed by atoms with Crippen LogP contribution < -0.4 is 10.1 Å². The molecule has 0 fully saturated rings. The molecule has 0 saturated heterocycles. The highest BCUT2D eigenvalue weighted by molar-refractivity contribution is 6.04. The first-order valence-corrected chi connectivity index (χ1v) is 8.93. The molecular weight excluding hydrogens is 360 g/mol. The van der Waals surface area contributed by atoms with Gasteiger partial charge in [-0.25, -0.2) is 4.98 Å². The van der Waals surface area contributed by atoms with E-state index in [4.69, 9.17) is 4.74 Å². The number of hydrogen-bond donors (Lipinski definition) is 1. The molecular formula is C20H22N4O4. The first kappa shape index (κ1) is 19.3. The third-order valence-electron chi connectivity index (χ3n) is 4.17. The number of nitrogens with one attached hydrogen (secondary N) is 1. The minimum absolute atomic E-state index is 0.131. The van der Waals surface area contributed by atoms with Crippen molar-refractivity contribution in [3.05, 3.63) is 58.1 Å². The van der Waals surface area contributed by atoms with E-state index in [-0.39, 0.29) is 22.5 Å². The zero-order chi connectivity index (χ0) is 20.5. The van der Waals surface area contributed by atoms with Gasteiger partial charge in [-0.1, -0.05) is 12.1 Å². The number of carbonyl (C=O) groups excluding carboxylic acids is 1. The molecule has 0 atom stereocenters. The van der Waals surface area contributed by atoms with Gasteiger partial charge in [-0.2, -0.15) is 0 Å². The van der Waals surface area contributed by atoms with Crippen molar-refractivity contribution in [1.29, 1.82) is 0 Å². The molecule has 0 unspecified atom stereocenters. The average molecular weight is 382 g/mol. The highest BCUT2D eigenvalue weighted by Crippen LogP contribution is 2.30. The fourth-order valence-electron chi connectivity index (χ4n) is 3.04.